The van der Waals surface area contributed by atoms with Crippen LogP contribution in [-0.4, -0.2) is 58.3 Å². The summed E-state index contributed by atoms with van der Waals surface area (Å²) in [5.41, 5.74) is -0.514. The zero-order valence-corrected chi connectivity index (χ0v) is 14.4. The summed E-state index contributed by atoms with van der Waals surface area (Å²) in [4.78, 5) is 26.9. The Morgan fingerprint density at radius 2 is 2.00 bits per heavy atom. The Kier molecular flexibility index (Phi) is 6.80. The van der Waals surface area contributed by atoms with Gasteiger partial charge in [0.25, 0.3) is 0 Å². The van der Waals surface area contributed by atoms with Gasteiger partial charge in [0.05, 0.1) is 30.7 Å². The van der Waals surface area contributed by atoms with Gasteiger partial charge < -0.3 is 20.4 Å². The van der Waals surface area contributed by atoms with Gasteiger partial charge in [-0.05, 0) is 32.1 Å². The smallest absolute Gasteiger partial charge is 0.226 e. The highest BCUT2D eigenvalue weighted by atomic mass is 16.3. The second kappa shape index (κ2) is 8.62. The minimum Gasteiger partial charge on any atom is -0.394 e. The van der Waals surface area contributed by atoms with E-state index in [1.54, 1.807) is 11.0 Å². The van der Waals surface area contributed by atoms with Gasteiger partial charge in [0.2, 0.25) is 11.8 Å². The van der Waals surface area contributed by atoms with E-state index in [2.05, 4.69) is 11.9 Å². The molecule has 1 aliphatic heterocycles. The van der Waals surface area contributed by atoms with Gasteiger partial charge in [-0.15, -0.1) is 6.58 Å². The van der Waals surface area contributed by atoms with Crippen molar-refractivity contribution in [2.75, 3.05) is 19.8 Å². The third-order valence-corrected chi connectivity index (χ3v) is 5.37. The van der Waals surface area contributed by atoms with E-state index in [0.717, 1.165) is 38.5 Å². The Balaban J connectivity index is 1.98. The van der Waals surface area contributed by atoms with Crippen molar-refractivity contribution in [3.8, 4) is 0 Å². The van der Waals surface area contributed by atoms with E-state index in [-0.39, 0.29) is 37.5 Å². The van der Waals surface area contributed by atoms with Gasteiger partial charge in [-0.3, -0.25) is 9.59 Å². The first-order valence-corrected chi connectivity index (χ1v) is 8.99. The maximum absolute atomic E-state index is 12.8. The number of carbonyl (C=O) groups excluding carboxylic acids is 2. The number of carbonyl (C=O) groups is 2. The summed E-state index contributed by atoms with van der Waals surface area (Å²) in [6.07, 6.45) is 7.47. The molecule has 2 rings (SSSR count). The maximum Gasteiger partial charge on any atom is 0.226 e. The third kappa shape index (κ3) is 4.36. The first kappa shape index (κ1) is 18.9. The summed E-state index contributed by atoms with van der Waals surface area (Å²) in [5, 5.41) is 22.0. The van der Waals surface area contributed by atoms with E-state index in [9.17, 15) is 19.8 Å². The van der Waals surface area contributed by atoms with Crippen LogP contribution >= 0.6 is 0 Å². The molecule has 1 heterocycles. The molecule has 136 valence electrons. The van der Waals surface area contributed by atoms with E-state index in [1.165, 1.54) is 0 Å². The topological polar surface area (TPSA) is 89.9 Å². The Hall–Kier alpha value is -1.40. The molecule has 2 amide bonds. The monoisotopic (exact) mass is 338 g/mol. The first-order chi connectivity index (χ1) is 11.5. The minimum atomic E-state index is -0.514. The summed E-state index contributed by atoms with van der Waals surface area (Å²) in [6, 6.07) is -0.133. The molecule has 1 saturated carbocycles. The fraction of sp³-hybridized carbons (Fsp3) is 0.778. The van der Waals surface area contributed by atoms with E-state index >= 15 is 0 Å². The van der Waals surface area contributed by atoms with Crippen molar-refractivity contribution in [3.05, 3.63) is 12.7 Å². The van der Waals surface area contributed by atoms with Gasteiger partial charge in [0.1, 0.15) is 0 Å². The number of aliphatic hydroxyl groups is 2. The van der Waals surface area contributed by atoms with Crippen LogP contribution in [0.15, 0.2) is 12.7 Å². The van der Waals surface area contributed by atoms with Crippen molar-refractivity contribution >= 4 is 11.8 Å². The van der Waals surface area contributed by atoms with Crippen LogP contribution in [0.3, 0.4) is 0 Å². The molecule has 0 aromatic heterocycles. The van der Waals surface area contributed by atoms with Crippen LogP contribution in [0.4, 0.5) is 0 Å². The highest BCUT2D eigenvalue weighted by molar-refractivity contribution is 5.86. The maximum atomic E-state index is 12.8. The third-order valence-electron chi connectivity index (χ3n) is 5.37. The molecule has 0 radical (unpaired) electrons. The average Bonchev–Trinajstić information content (AvgIpc) is 3.23. The molecule has 6 heteroatoms. The molecule has 2 aliphatic rings. The van der Waals surface area contributed by atoms with E-state index in [1.807, 2.05) is 0 Å². The fourth-order valence-electron chi connectivity index (χ4n) is 3.97. The summed E-state index contributed by atoms with van der Waals surface area (Å²) in [6.45, 7) is 4.24. The molecule has 2 fully saturated rings. The zero-order valence-electron chi connectivity index (χ0n) is 14.4. The number of hydrogen-bond donors (Lipinski definition) is 3. The Morgan fingerprint density at radius 3 is 2.58 bits per heavy atom. The SMILES string of the molecule is C=CC[C@H](CC(=O)NC1(CO)CCCC1)C(=O)N1CCC[C@H]1CO. The molecule has 24 heavy (non-hydrogen) atoms. The zero-order chi connectivity index (χ0) is 17.6. The van der Waals surface area contributed by atoms with Crippen molar-refractivity contribution < 1.29 is 19.8 Å². The van der Waals surface area contributed by atoms with Gasteiger partial charge in [-0.1, -0.05) is 18.9 Å². The quantitative estimate of drug-likeness (QED) is 0.575. The second-order valence-corrected chi connectivity index (χ2v) is 7.13. The number of nitrogens with one attached hydrogen (secondary N) is 1. The number of allylic oxidation sites excluding steroid dienone is 1. The lowest BCUT2D eigenvalue weighted by molar-refractivity contribution is -0.140. The van der Waals surface area contributed by atoms with Crippen molar-refractivity contribution in [1.82, 2.24) is 10.2 Å². The van der Waals surface area contributed by atoms with Crippen LogP contribution in [0.2, 0.25) is 0 Å². The molecular formula is C18H30N2O4. The second-order valence-electron chi connectivity index (χ2n) is 7.13. The number of nitrogens with zero attached hydrogens (tertiary/aromatic N) is 1. The fourth-order valence-corrected chi connectivity index (χ4v) is 3.97. The van der Waals surface area contributed by atoms with Crippen molar-refractivity contribution in [1.29, 1.82) is 0 Å². The predicted octanol–water partition coefficient (Wildman–Crippen LogP) is 0.973. The van der Waals surface area contributed by atoms with Crippen LogP contribution in [0.1, 0.15) is 51.4 Å². The minimum absolute atomic E-state index is 0.0353. The van der Waals surface area contributed by atoms with Gasteiger partial charge in [-0.25, -0.2) is 0 Å². The van der Waals surface area contributed by atoms with Gasteiger partial charge >= 0.3 is 0 Å². The van der Waals surface area contributed by atoms with Crippen LogP contribution in [0, 0.1) is 5.92 Å². The molecule has 3 N–H and O–H groups in total. The summed E-state index contributed by atoms with van der Waals surface area (Å²) in [7, 11) is 0. The Bertz CT molecular complexity index is 460. The largest absolute Gasteiger partial charge is 0.394 e. The lowest BCUT2D eigenvalue weighted by atomic mass is 9.95. The number of likely N-dealkylation sites (tertiary alicyclic amines) is 1. The molecule has 2 atom stereocenters. The molecule has 0 spiro atoms. The molecule has 0 bridgehead atoms. The van der Waals surface area contributed by atoms with Gasteiger partial charge in [0, 0.05) is 13.0 Å². The van der Waals surface area contributed by atoms with Crippen molar-refractivity contribution in [3.63, 3.8) is 0 Å². The van der Waals surface area contributed by atoms with Crippen LogP contribution in [-0.2, 0) is 9.59 Å². The molecule has 0 aromatic rings. The van der Waals surface area contributed by atoms with Crippen molar-refractivity contribution in [2.45, 2.75) is 62.9 Å². The van der Waals surface area contributed by atoms with Gasteiger partial charge in [-0.2, -0.15) is 0 Å². The molecule has 6 nitrogen and oxygen atoms in total. The van der Waals surface area contributed by atoms with Gasteiger partial charge in [0.15, 0.2) is 0 Å². The Morgan fingerprint density at radius 1 is 1.29 bits per heavy atom. The Labute approximate surface area is 143 Å². The van der Waals surface area contributed by atoms with Crippen LogP contribution < -0.4 is 5.32 Å². The highest BCUT2D eigenvalue weighted by Crippen LogP contribution is 2.30. The number of rotatable bonds is 8. The lowest BCUT2D eigenvalue weighted by Crippen LogP contribution is -2.50. The number of amides is 2. The predicted molar refractivity (Wildman–Crippen MR) is 91.2 cm³/mol. The number of hydrogen-bond acceptors (Lipinski definition) is 4. The molecule has 1 saturated heterocycles. The highest BCUT2D eigenvalue weighted by Gasteiger charge is 2.37. The van der Waals surface area contributed by atoms with E-state index in [4.69, 9.17) is 0 Å². The summed E-state index contributed by atoms with van der Waals surface area (Å²) < 4.78 is 0. The number of aliphatic hydroxyl groups excluding tert-OH is 2. The van der Waals surface area contributed by atoms with E-state index in [0.29, 0.717) is 13.0 Å². The molecule has 1 aliphatic carbocycles. The average molecular weight is 338 g/mol. The normalized spacial score (nSPS) is 23.9. The van der Waals surface area contributed by atoms with Crippen LogP contribution in [0.25, 0.3) is 0 Å². The summed E-state index contributed by atoms with van der Waals surface area (Å²) >= 11 is 0. The van der Waals surface area contributed by atoms with E-state index < -0.39 is 11.5 Å². The summed E-state index contributed by atoms with van der Waals surface area (Å²) in [5.74, 6) is -0.719. The molecular weight excluding hydrogens is 308 g/mol. The van der Waals surface area contributed by atoms with Crippen LogP contribution in [0.5, 0.6) is 0 Å². The molecule has 0 unspecified atom stereocenters. The first-order valence-electron chi connectivity index (χ1n) is 8.99. The standard InChI is InChI=1S/C18H30N2O4/c1-2-6-14(17(24)20-10-5-7-15(20)12-21)11-16(23)19-18(13-22)8-3-4-9-18/h2,14-15,21-22H,1,3-13H2,(H,19,23)/t14-,15+/m1/s1. The van der Waals surface area contributed by atoms with Crippen molar-refractivity contribution in [2.24, 2.45) is 5.92 Å². The lowest BCUT2D eigenvalue weighted by Gasteiger charge is -2.30. The molecule has 0 aromatic carbocycles.